The molecule has 2 rings (SSSR count). The first kappa shape index (κ1) is 11.4. The predicted molar refractivity (Wildman–Crippen MR) is 64.5 cm³/mol. The maximum absolute atomic E-state index is 11.0. The molecular weight excluding hydrogens is 220 g/mol. The number of carboxylic acid groups (broad SMARTS) is 1. The van der Waals surface area contributed by atoms with E-state index in [2.05, 4.69) is 4.98 Å². The molecule has 0 atom stereocenters. The highest BCUT2D eigenvalue weighted by Gasteiger charge is 2.16. The van der Waals surface area contributed by atoms with Gasteiger partial charge in [-0.1, -0.05) is 6.07 Å². The van der Waals surface area contributed by atoms with E-state index in [0.717, 1.165) is 13.1 Å². The van der Waals surface area contributed by atoms with Crippen molar-refractivity contribution in [1.29, 1.82) is 0 Å². The van der Waals surface area contributed by atoms with Gasteiger partial charge in [-0.3, -0.25) is 0 Å². The first-order chi connectivity index (χ1) is 8.17. The Bertz CT molecular complexity index is 544. The summed E-state index contributed by atoms with van der Waals surface area (Å²) in [5.41, 5.74) is 1.08. The molecule has 1 heterocycles. The van der Waals surface area contributed by atoms with E-state index in [1.165, 1.54) is 6.07 Å². The number of para-hydroxylation sites is 1. The lowest BCUT2D eigenvalue weighted by molar-refractivity contribution is 0.0699. The highest BCUT2D eigenvalue weighted by molar-refractivity contribution is 6.00. The molecule has 1 N–H and O–H groups in total. The van der Waals surface area contributed by atoms with E-state index in [1.54, 1.807) is 12.1 Å². The van der Waals surface area contributed by atoms with Crippen LogP contribution in [0.1, 0.15) is 24.2 Å². The van der Waals surface area contributed by atoms with Gasteiger partial charge in [0.15, 0.2) is 5.58 Å². The number of carboxylic acids is 1. The van der Waals surface area contributed by atoms with Crippen LogP contribution in [0.5, 0.6) is 0 Å². The number of fused-ring (bicyclic) bond motifs is 1. The topological polar surface area (TPSA) is 66.6 Å². The van der Waals surface area contributed by atoms with E-state index >= 15 is 0 Å². The lowest BCUT2D eigenvalue weighted by Crippen LogP contribution is -2.21. The van der Waals surface area contributed by atoms with Crippen LogP contribution in [0.4, 0.5) is 6.01 Å². The molecule has 0 fully saturated rings. The van der Waals surface area contributed by atoms with Gasteiger partial charge in [0.1, 0.15) is 5.52 Å². The summed E-state index contributed by atoms with van der Waals surface area (Å²) in [7, 11) is 0. The molecule has 5 nitrogen and oxygen atoms in total. The number of aromatic carboxylic acids is 1. The Morgan fingerprint density at radius 1 is 1.41 bits per heavy atom. The van der Waals surface area contributed by atoms with Crippen LogP contribution in [0.15, 0.2) is 22.6 Å². The Hall–Kier alpha value is -2.04. The average Bonchev–Trinajstić information content (AvgIpc) is 2.73. The van der Waals surface area contributed by atoms with Gasteiger partial charge in [0.2, 0.25) is 0 Å². The minimum Gasteiger partial charge on any atom is -0.478 e. The molecule has 0 aliphatic carbocycles. The molecule has 2 aromatic rings. The summed E-state index contributed by atoms with van der Waals surface area (Å²) >= 11 is 0. The molecule has 0 amide bonds. The zero-order valence-electron chi connectivity index (χ0n) is 9.80. The van der Waals surface area contributed by atoms with Crippen molar-refractivity contribution in [2.45, 2.75) is 13.8 Å². The summed E-state index contributed by atoms with van der Waals surface area (Å²) in [6.45, 7) is 5.53. The highest BCUT2D eigenvalue weighted by Crippen LogP contribution is 2.24. The first-order valence-corrected chi connectivity index (χ1v) is 5.55. The number of carbonyl (C=O) groups is 1. The third-order valence-corrected chi connectivity index (χ3v) is 2.67. The van der Waals surface area contributed by atoms with Crippen LogP contribution in [0.2, 0.25) is 0 Å². The lowest BCUT2D eigenvalue weighted by atomic mass is 10.2. The summed E-state index contributed by atoms with van der Waals surface area (Å²) in [6.07, 6.45) is 0. The largest absolute Gasteiger partial charge is 0.478 e. The number of nitrogens with zero attached hydrogens (tertiary/aromatic N) is 2. The minimum atomic E-state index is -0.991. The van der Waals surface area contributed by atoms with Gasteiger partial charge >= 0.3 is 5.97 Å². The van der Waals surface area contributed by atoms with Crippen molar-refractivity contribution in [1.82, 2.24) is 4.98 Å². The first-order valence-electron chi connectivity index (χ1n) is 5.55. The average molecular weight is 234 g/mol. The molecule has 0 saturated carbocycles. The Morgan fingerprint density at radius 3 is 2.71 bits per heavy atom. The van der Waals surface area contributed by atoms with E-state index in [9.17, 15) is 4.79 Å². The highest BCUT2D eigenvalue weighted by atomic mass is 16.4. The third-order valence-electron chi connectivity index (χ3n) is 2.67. The monoisotopic (exact) mass is 234 g/mol. The van der Waals surface area contributed by atoms with Crippen LogP contribution in [0.3, 0.4) is 0 Å². The molecule has 0 aliphatic rings. The predicted octanol–water partition coefficient (Wildman–Crippen LogP) is 2.37. The number of anilines is 1. The van der Waals surface area contributed by atoms with Crippen LogP contribution in [0, 0.1) is 0 Å². The van der Waals surface area contributed by atoms with Gasteiger partial charge in [-0.2, -0.15) is 4.98 Å². The summed E-state index contributed by atoms with van der Waals surface area (Å²) in [5.74, 6) is -0.991. The van der Waals surface area contributed by atoms with E-state index < -0.39 is 5.97 Å². The van der Waals surface area contributed by atoms with Crippen molar-refractivity contribution >= 4 is 23.1 Å². The van der Waals surface area contributed by atoms with Crippen LogP contribution in [0.25, 0.3) is 11.1 Å². The summed E-state index contributed by atoms with van der Waals surface area (Å²) in [4.78, 5) is 17.2. The molecule has 5 heteroatoms. The van der Waals surface area contributed by atoms with Crippen molar-refractivity contribution < 1.29 is 14.3 Å². The van der Waals surface area contributed by atoms with Gasteiger partial charge < -0.3 is 14.4 Å². The Balaban J connectivity index is 2.57. The van der Waals surface area contributed by atoms with Crippen molar-refractivity contribution in [3.63, 3.8) is 0 Å². The van der Waals surface area contributed by atoms with E-state index in [0.29, 0.717) is 17.1 Å². The fourth-order valence-corrected chi connectivity index (χ4v) is 1.74. The second-order valence-electron chi connectivity index (χ2n) is 3.63. The third kappa shape index (κ3) is 1.95. The molecular formula is C12H14N2O3. The minimum absolute atomic E-state index is 0.171. The molecule has 17 heavy (non-hydrogen) atoms. The quantitative estimate of drug-likeness (QED) is 0.879. The van der Waals surface area contributed by atoms with Crippen molar-refractivity contribution in [2.75, 3.05) is 18.0 Å². The zero-order valence-corrected chi connectivity index (χ0v) is 9.80. The number of benzene rings is 1. The van der Waals surface area contributed by atoms with E-state index in [1.807, 2.05) is 18.7 Å². The molecule has 0 unspecified atom stereocenters. The number of rotatable bonds is 4. The van der Waals surface area contributed by atoms with Crippen molar-refractivity contribution in [3.05, 3.63) is 23.8 Å². The molecule has 90 valence electrons. The van der Waals surface area contributed by atoms with Crippen LogP contribution in [-0.2, 0) is 0 Å². The van der Waals surface area contributed by atoms with Crippen molar-refractivity contribution in [2.24, 2.45) is 0 Å². The standard InChI is InChI=1S/C12H14N2O3/c1-3-14(4-2)12-13-10-8(11(15)16)6-5-7-9(10)17-12/h5-7H,3-4H2,1-2H3,(H,15,16). The number of aromatic nitrogens is 1. The molecule has 1 aromatic heterocycles. The van der Waals surface area contributed by atoms with Gasteiger partial charge in [-0.05, 0) is 26.0 Å². The Labute approximate surface area is 98.7 Å². The maximum atomic E-state index is 11.0. The van der Waals surface area contributed by atoms with Gasteiger partial charge in [0.05, 0.1) is 5.56 Å². The van der Waals surface area contributed by atoms with Gasteiger partial charge in [0.25, 0.3) is 6.01 Å². The van der Waals surface area contributed by atoms with Gasteiger partial charge in [-0.15, -0.1) is 0 Å². The molecule has 0 radical (unpaired) electrons. The number of hydrogen-bond acceptors (Lipinski definition) is 4. The summed E-state index contributed by atoms with van der Waals surface area (Å²) in [5, 5.41) is 9.05. The molecule has 1 aromatic carbocycles. The normalized spacial score (nSPS) is 10.7. The maximum Gasteiger partial charge on any atom is 0.338 e. The fourth-order valence-electron chi connectivity index (χ4n) is 1.74. The smallest absolute Gasteiger partial charge is 0.338 e. The Morgan fingerprint density at radius 2 is 2.12 bits per heavy atom. The molecule has 0 saturated heterocycles. The van der Waals surface area contributed by atoms with Crippen LogP contribution >= 0.6 is 0 Å². The van der Waals surface area contributed by atoms with E-state index in [-0.39, 0.29) is 5.56 Å². The molecule has 0 bridgehead atoms. The SMILES string of the molecule is CCN(CC)c1nc2c(C(=O)O)cccc2o1. The van der Waals surface area contributed by atoms with Crippen molar-refractivity contribution in [3.8, 4) is 0 Å². The zero-order chi connectivity index (χ0) is 12.4. The number of hydrogen-bond donors (Lipinski definition) is 1. The second kappa shape index (κ2) is 4.45. The molecule has 0 spiro atoms. The van der Waals surface area contributed by atoms with Crippen LogP contribution in [-0.4, -0.2) is 29.1 Å². The van der Waals surface area contributed by atoms with Gasteiger partial charge in [-0.25, -0.2) is 4.79 Å². The molecule has 0 aliphatic heterocycles. The number of oxazole rings is 1. The Kier molecular flexibility index (Phi) is 2.99. The summed E-state index contributed by atoms with van der Waals surface area (Å²) in [6, 6.07) is 5.38. The van der Waals surface area contributed by atoms with Gasteiger partial charge in [0, 0.05) is 13.1 Å². The summed E-state index contributed by atoms with van der Waals surface area (Å²) < 4.78 is 5.55. The van der Waals surface area contributed by atoms with E-state index in [4.69, 9.17) is 9.52 Å². The lowest BCUT2D eigenvalue weighted by Gasteiger charge is -2.14. The second-order valence-corrected chi connectivity index (χ2v) is 3.63. The van der Waals surface area contributed by atoms with Crippen LogP contribution < -0.4 is 4.90 Å². The fraction of sp³-hybridized carbons (Fsp3) is 0.333.